The molecule has 0 heterocycles. The molecular formula is C13H18ClNO. The Labute approximate surface area is 102 Å². The second-order valence-corrected chi connectivity index (χ2v) is 5.14. The fourth-order valence-electron chi connectivity index (χ4n) is 2.48. The number of benzene rings is 1. The van der Waals surface area contributed by atoms with Crippen LogP contribution in [0.3, 0.4) is 0 Å². The highest BCUT2D eigenvalue weighted by Crippen LogP contribution is 2.46. The summed E-state index contributed by atoms with van der Waals surface area (Å²) in [5.41, 5.74) is 8.10. The Morgan fingerprint density at radius 2 is 1.94 bits per heavy atom. The van der Waals surface area contributed by atoms with Gasteiger partial charge in [0.25, 0.3) is 0 Å². The van der Waals surface area contributed by atoms with Gasteiger partial charge in [-0.15, -0.1) is 11.6 Å². The molecule has 0 bridgehead atoms. The van der Waals surface area contributed by atoms with Crippen molar-refractivity contribution in [2.75, 3.05) is 7.11 Å². The summed E-state index contributed by atoms with van der Waals surface area (Å²) in [5.74, 6) is 0. The molecule has 1 saturated carbocycles. The minimum absolute atomic E-state index is 0.229. The third-order valence-electron chi connectivity index (χ3n) is 3.40. The van der Waals surface area contributed by atoms with Gasteiger partial charge in [-0.05, 0) is 18.4 Å². The molecule has 1 unspecified atom stereocenters. The molecule has 0 aliphatic heterocycles. The Balaban J connectivity index is 2.39. The Morgan fingerprint density at radius 3 is 2.56 bits per heavy atom. The molecule has 1 aliphatic rings. The summed E-state index contributed by atoms with van der Waals surface area (Å²) in [6.07, 6.45) is 4.07. The molecule has 1 atom stereocenters. The minimum atomic E-state index is -0.382. The lowest BCUT2D eigenvalue weighted by atomic mass is 9.91. The van der Waals surface area contributed by atoms with Crippen LogP contribution in [-0.4, -0.2) is 7.11 Å². The van der Waals surface area contributed by atoms with Crippen molar-refractivity contribution < 1.29 is 4.74 Å². The summed E-state index contributed by atoms with van der Waals surface area (Å²) >= 11 is 6.69. The van der Waals surface area contributed by atoms with Gasteiger partial charge in [0.15, 0.2) is 0 Å². The van der Waals surface area contributed by atoms with Crippen LogP contribution in [0.25, 0.3) is 0 Å². The zero-order valence-corrected chi connectivity index (χ0v) is 10.3. The van der Waals surface area contributed by atoms with E-state index in [1.165, 1.54) is 12.8 Å². The topological polar surface area (TPSA) is 35.2 Å². The average molecular weight is 240 g/mol. The Morgan fingerprint density at radius 1 is 1.31 bits per heavy atom. The molecule has 88 valence electrons. The van der Waals surface area contributed by atoms with E-state index in [4.69, 9.17) is 22.1 Å². The standard InChI is InChI=1S/C13H18ClNO/c1-16-12(15)10-6-2-3-7-11(10)13(14)8-4-5-9-13/h2-3,6-7,12H,4-5,8-9,15H2,1H3. The first-order chi connectivity index (χ1) is 7.67. The van der Waals surface area contributed by atoms with Crippen LogP contribution in [0.15, 0.2) is 24.3 Å². The largest absolute Gasteiger partial charge is 0.363 e. The molecule has 2 nitrogen and oxygen atoms in total. The molecule has 0 amide bonds. The molecule has 3 heteroatoms. The number of alkyl halides is 1. The Kier molecular flexibility index (Phi) is 3.53. The zero-order valence-electron chi connectivity index (χ0n) is 9.58. The van der Waals surface area contributed by atoms with Crippen LogP contribution in [0.2, 0.25) is 0 Å². The number of rotatable bonds is 3. The molecular weight excluding hydrogens is 222 g/mol. The number of methoxy groups -OCH3 is 1. The molecule has 1 aromatic rings. The smallest absolute Gasteiger partial charge is 0.131 e. The van der Waals surface area contributed by atoms with Crippen molar-refractivity contribution in [1.29, 1.82) is 0 Å². The van der Waals surface area contributed by atoms with Crippen molar-refractivity contribution in [2.24, 2.45) is 5.73 Å². The van der Waals surface area contributed by atoms with E-state index in [0.29, 0.717) is 0 Å². The summed E-state index contributed by atoms with van der Waals surface area (Å²) < 4.78 is 5.20. The van der Waals surface area contributed by atoms with Gasteiger partial charge in [-0.2, -0.15) is 0 Å². The van der Waals surface area contributed by atoms with E-state index < -0.39 is 0 Å². The first-order valence-corrected chi connectivity index (χ1v) is 6.12. The highest BCUT2D eigenvalue weighted by molar-refractivity contribution is 6.24. The third-order valence-corrected chi connectivity index (χ3v) is 3.98. The van der Waals surface area contributed by atoms with E-state index in [2.05, 4.69) is 6.07 Å². The Bertz CT molecular complexity index is 361. The van der Waals surface area contributed by atoms with E-state index in [1.807, 2.05) is 18.2 Å². The lowest BCUT2D eigenvalue weighted by Gasteiger charge is -2.26. The molecule has 16 heavy (non-hydrogen) atoms. The van der Waals surface area contributed by atoms with Crippen molar-refractivity contribution in [3.8, 4) is 0 Å². The van der Waals surface area contributed by atoms with Crippen LogP contribution in [0.4, 0.5) is 0 Å². The highest BCUT2D eigenvalue weighted by Gasteiger charge is 2.35. The first-order valence-electron chi connectivity index (χ1n) is 5.74. The van der Waals surface area contributed by atoms with E-state index in [0.717, 1.165) is 24.0 Å². The maximum atomic E-state index is 6.69. The molecule has 0 spiro atoms. The molecule has 2 N–H and O–H groups in total. The quantitative estimate of drug-likeness (QED) is 0.649. The predicted molar refractivity (Wildman–Crippen MR) is 66.4 cm³/mol. The van der Waals surface area contributed by atoms with Gasteiger partial charge in [0.05, 0.1) is 4.87 Å². The lowest BCUT2D eigenvalue weighted by molar-refractivity contribution is 0.108. The van der Waals surface area contributed by atoms with Gasteiger partial charge in [0.2, 0.25) is 0 Å². The van der Waals surface area contributed by atoms with Crippen LogP contribution in [0, 0.1) is 0 Å². The zero-order chi connectivity index (χ0) is 11.6. The average Bonchev–Trinajstić information content (AvgIpc) is 2.76. The van der Waals surface area contributed by atoms with Crippen molar-refractivity contribution in [1.82, 2.24) is 0 Å². The number of hydrogen-bond acceptors (Lipinski definition) is 2. The van der Waals surface area contributed by atoms with E-state index in [-0.39, 0.29) is 11.1 Å². The predicted octanol–water partition coefficient (Wildman–Crippen LogP) is 3.30. The van der Waals surface area contributed by atoms with Crippen LogP contribution in [0.5, 0.6) is 0 Å². The maximum Gasteiger partial charge on any atom is 0.131 e. The molecule has 2 rings (SSSR count). The molecule has 1 aliphatic carbocycles. The fourth-order valence-corrected chi connectivity index (χ4v) is 2.92. The number of hydrogen-bond donors (Lipinski definition) is 1. The molecule has 0 saturated heterocycles. The minimum Gasteiger partial charge on any atom is -0.363 e. The van der Waals surface area contributed by atoms with Gasteiger partial charge < -0.3 is 10.5 Å². The second-order valence-electron chi connectivity index (χ2n) is 4.42. The van der Waals surface area contributed by atoms with E-state index in [9.17, 15) is 0 Å². The van der Waals surface area contributed by atoms with E-state index in [1.54, 1.807) is 7.11 Å². The number of halogens is 1. The molecule has 1 aromatic carbocycles. The van der Waals surface area contributed by atoms with Crippen LogP contribution < -0.4 is 5.73 Å². The highest BCUT2D eigenvalue weighted by atomic mass is 35.5. The van der Waals surface area contributed by atoms with Crippen LogP contribution in [-0.2, 0) is 9.61 Å². The summed E-state index contributed by atoms with van der Waals surface area (Å²) in [6, 6.07) is 8.08. The summed E-state index contributed by atoms with van der Waals surface area (Å²) in [6.45, 7) is 0. The van der Waals surface area contributed by atoms with Gasteiger partial charge >= 0.3 is 0 Å². The number of ether oxygens (including phenoxy) is 1. The number of nitrogens with two attached hydrogens (primary N) is 1. The monoisotopic (exact) mass is 239 g/mol. The van der Waals surface area contributed by atoms with Gasteiger partial charge in [0, 0.05) is 12.7 Å². The maximum absolute atomic E-state index is 6.69. The summed E-state index contributed by atoms with van der Waals surface area (Å²) in [4.78, 5) is -0.229. The van der Waals surface area contributed by atoms with E-state index >= 15 is 0 Å². The van der Waals surface area contributed by atoms with Gasteiger partial charge in [-0.1, -0.05) is 37.1 Å². The Hall–Kier alpha value is -0.570. The molecule has 1 fully saturated rings. The first kappa shape index (κ1) is 11.9. The van der Waals surface area contributed by atoms with Crippen molar-refractivity contribution in [3.63, 3.8) is 0 Å². The van der Waals surface area contributed by atoms with Gasteiger partial charge in [-0.25, -0.2) is 0 Å². The van der Waals surface area contributed by atoms with Crippen molar-refractivity contribution in [3.05, 3.63) is 35.4 Å². The van der Waals surface area contributed by atoms with Crippen LogP contribution in [0.1, 0.15) is 43.0 Å². The van der Waals surface area contributed by atoms with Crippen LogP contribution >= 0.6 is 11.6 Å². The third kappa shape index (κ3) is 2.10. The second kappa shape index (κ2) is 4.74. The van der Waals surface area contributed by atoms with Crippen molar-refractivity contribution in [2.45, 2.75) is 36.8 Å². The lowest BCUT2D eigenvalue weighted by Crippen LogP contribution is -2.21. The summed E-state index contributed by atoms with van der Waals surface area (Å²) in [7, 11) is 1.62. The molecule has 0 radical (unpaired) electrons. The molecule has 0 aromatic heterocycles. The summed E-state index contributed by atoms with van der Waals surface area (Å²) in [5, 5.41) is 0. The fraction of sp³-hybridized carbons (Fsp3) is 0.538. The normalized spacial score (nSPS) is 20.9. The van der Waals surface area contributed by atoms with Crippen molar-refractivity contribution >= 4 is 11.6 Å². The SMILES string of the molecule is COC(N)c1ccccc1C1(Cl)CCCC1. The van der Waals surface area contributed by atoms with Gasteiger partial charge in [0.1, 0.15) is 6.23 Å². The van der Waals surface area contributed by atoms with Gasteiger partial charge in [-0.3, -0.25) is 0 Å².